The van der Waals surface area contributed by atoms with Crippen molar-refractivity contribution in [3.05, 3.63) is 22.8 Å². The molecule has 0 radical (unpaired) electrons. The van der Waals surface area contributed by atoms with Crippen LogP contribution in [0.25, 0.3) is 0 Å². The van der Waals surface area contributed by atoms with Gasteiger partial charge in [0.1, 0.15) is 5.03 Å². The van der Waals surface area contributed by atoms with Crippen molar-refractivity contribution in [2.45, 2.75) is 17.6 Å². The van der Waals surface area contributed by atoms with Crippen LogP contribution < -0.4 is 5.73 Å². The number of amides is 1. The Morgan fingerprint density at radius 2 is 2.18 bits per heavy atom. The molecule has 0 fully saturated rings. The summed E-state index contributed by atoms with van der Waals surface area (Å²) in [5.74, 6) is -0.159. The number of hydrogen-bond donors (Lipinski definition) is 1. The van der Waals surface area contributed by atoms with Crippen LogP contribution in [-0.2, 0) is 11.0 Å². The molecule has 2 N–H and O–H groups in total. The third kappa shape index (κ3) is 4.43. The SMILES string of the molecule is NC(=O)CCSc1ncc(C(F)(F)F)cc1Cl. The highest BCUT2D eigenvalue weighted by Crippen LogP contribution is 2.33. The van der Waals surface area contributed by atoms with Gasteiger partial charge < -0.3 is 5.73 Å². The first-order valence-electron chi connectivity index (χ1n) is 4.44. The highest BCUT2D eigenvalue weighted by molar-refractivity contribution is 7.99. The summed E-state index contributed by atoms with van der Waals surface area (Å²) >= 11 is 6.73. The van der Waals surface area contributed by atoms with Crippen LogP contribution >= 0.6 is 23.4 Å². The molecule has 1 amide bonds. The van der Waals surface area contributed by atoms with Gasteiger partial charge in [0.05, 0.1) is 10.6 Å². The average Bonchev–Trinajstić information content (AvgIpc) is 2.18. The van der Waals surface area contributed by atoms with Gasteiger partial charge in [-0.1, -0.05) is 11.6 Å². The van der Waals surface area contributed by atoms with Gasteiger partial charge in [0.2, 0.25) is 5.91 Å². The number of nitrogens with two attached hydrogens (primary N) is 1. The van der Waals surface area contributed by atoms with E-state index in [9.17, 15) is 18.0 Å². The van der Waals surface area contributed by atoms with Gasteiger partial charge in [0, 0.05) is 18.4 Å². The number of nitrogens with zero attached hydrogens (tertiary/aromatic N) is 1. The second kappa shape index (κ2) is 5.59. The maximum Gasteiger partial charge on any atom is 0.417 e. The standard InChI is InChI=1S/C9H8ClF3N2OS/c10-6-3-5(9(11,12)13)4-15-8(6)17-2-1-7(14)16/h3-4H,1-2H2,(H2,14,16). The van der Waals surface area contributed by atoms with Gasteiger partial charge >= 0.3 is 6.18 Å². The second-order valence-corrected chi connectivity index (χ2v) is 4.56. The number of hydrogen-bond acceptors (Lipinski definition) is 3. The van der Waals surface area contributed by atoms with Gasteiger partial charge in [-0.25, -0.2) is 4.98 Å². The quantitative estimate of drug-likeness (QED) is 0.865. The van der Waals surface area contributed by atoms with Crippen LogP contribution in [0.3, 0.4) is 0 Å². The minimum atomic E-state index is -4.47. The fourth-order valence-corrected chi connectivity index (χ4v) is 2.09. The Morgan fingerprint density at radius 1 is 1.53 bits per heavy atom. The predicted octanol–water partition coefficient (Wildman–Crippen LogP) is 2.72. The molecule has 1 heterocycles. The van der Waals surface area contributed by atoms with Crippen molar-refractivity contribution in [2.75, 3.05) is 5.75 Å². The van der Waals surface area contributed by atoms with E-state index < -0.39 is 17.6 Å². The van der Waals surface area contributed by atoms with Crippen molar-refractivity contribution < 1.29 is 18.0 Å². The first kappa shape index (κ1) is 14.1. The van der Waals surface area contributed by atoms with Crippen molar-refractivity contribution in [2.24, 2.45) is 5.73 Å². The normalized spacial score (nSPS) is 11.5. The molecule has 0 bridgehead atoms. The molecule has 1 rings (SSSR count). The number of primary amides is 1. The monoisotopic (exact) mass is 284 g/mol. The summed E-state index contributed by atoms with van der Waals surface area (Å²) in [6.07, 6.45) is -3.64. The first-order valence-corrected chi connectivity index (χ1v) is 5.81. The summed E-state index contributed by atoms with van der Waals surface area (Å²) in [6, 6.07) is 0.807. The van der Waals surface area contributed by atoms with Crippen LogP contribution in [0.15, 0.2) is 17.3 Å². The maximum absolute atomic E-state index is 12.3. The van der Waals surface area contributed by atoms with Gasteiger partial charge in [-0.05, 0) is 6.07 Å². The molecule has 0 unspecified atom stereocenters. The Kier molecular flexibility index (Phi) is 4.64. The largest absolute Gasteiger partial charge is 0.417 e. The van der Waals surface area contributed by atoms with Crippen molar-refractivity contribution in [3.8, 4) is 0 Å². The van der Waals surface area contributed by atoms with E-state index in [4.69, 9.17) is 17.3 Å². The maximum atomic E-state index is 12.3. The Labute approximate surface area is 105 Å². The molecule has 17 heavy (non-hydrogen) atoms. The minimum Gasteiger partial charge on any atom is -0.370 e. The highest BCUT2D eigenvalue weighted by atomic mass is 35.5. The topological polar surface area (TPSA) is 56.0 Å². The zero-order chi connectivity index (χ0) is 13.1. The van der Waals surface area contributed by atoms with E-state index in [1.54, 1.807) is 0 Å². The molecule has 0 aliphatic rings. The molecule has 0 aliphatic carbocycles. The number of aromatic nitrogens is 1. The molecule has 0 aliphatic heterocycles. The van der Waals surface area contributed by atoms with E-state index in [0.29, 0.717) is 11.9 Å². The summed E-state index contributed by atoms with van der Waals surface area (Å²) in [5.41, 5.74) is 4.02. The summed E-state index contributed by atoms with van der Waals surface area (Å²) in [5, 5.41) is 0.162. The number of thioether (sulfide) groups is 1. The fourth-order valence-electron chi connectivity index (χ4n) is 0.935. The lowest BCUT2D eigenvalue weighted by Gasteiger charge is -2.08. The van der Waals surface area contributed by atoms with Crippen LogP contribution in [0.1, 0.15) is 12.0 Å². The van der Waals surface area contributed by atoms with Crippen molar-refractivity contribution in [1.29, 1.82) is 0 Å². The molecule has 0 saturated carbocycles. The fraction of sp³-hybridized carbons (Fsp3) is 0.333. The van der Waals surface area contributed by atoms with Crippen molar-refractivity contribution in [3.63, 3.8) is 0 Å². The third-order valence-corrected chi connectivity index (χ3v) is 3.13. The summed E-state index contributed by atoms with van der Waals surface area (Å²) < 4.78 is 36.9. The molecule has 1 aromatic rings. The molecule has 0 saturated heterocycles. The summed E-state index contributed by atoms with van der Waals surface area (Å²) in [4.78, 5) is 14.1. The van der Waals surface area contributed by atoms with E-state index in [1.165, 1.54) is 0 Å². The summed E-state index contributed by atoms with van der Waals surface area (Å²) in [7, 11) is 0. The van der Waals surface area contributed by atoms with Gasteiger partial charge in [0.15, 0.2) is 0 Å². The first-order chi connectivity index (χ1) is 7.80. The van der Waals surface area contributed by atoms with Crippen LogP contribution in [0.5, 0.6) is 0 Å². The van der Waals surface area contributed by atoms with Gasteiger partial charge in [-0.15, -0.1) is 11.8 Å². The highest BCUT2D eigenvalue weighted by Gasteiger charge is 2.31. The summed E-state index contributed by atoms with van der Waals surface area (Å²) in [6.45, 7) is 0. The molecule has 1 aromatic heterocycles. The van der Waals surface area contributed by atoms with Crippen LogP contribution in [-0.4, -0.2) is 16.6 Å². The Hall–Kier alpha value is -0.950. The van der Waals surface area contributed by atoms with E-state index in [0.717, 1.165) is 17.8 Å². The molecular formula is C9H8ClF3N2OS. The number of carbonyl (C=O) groups excluding carboxylic acids is 1. The lowest BCUT2D eigenvalue weighted by atomic mass is 10.3. The van der Waals surface area contributed by atoms with E-state index in [-0.39, 0.29) is 16.5 Å². The predicted molar refractivity (Wildman–Crippen MR) is 58.8 cm³/mol. The average molecular weight is 285 g/mol. The molecule has 3 nitrogen and oxygen atoms in total. The molecule has 0 atom stereocenters. The lowest BCUT2D eigenvalue weighted by molar-refractivity contribution is -0.137. The number of halogens is 4. The van der Waals surface area contributed by atoms with E-state index >= 15 is 0 Å². The Morgan fingerprint density at radius 3 is 2.65 bits per heavy atom. The number of alkyl halides is 3. The minimum absolute atomic E-state index is 0.0886. The Bertz CT molecular complexity index is 425. The molecular weight excluding hydrogens is 277 g/mol. The van der Waals surface area contributed by atoms with Gasteiger partial charge in [-0.3, -0.25) is 4.79 Å². The molecule has 0 spiro atoms. The number of rotatable bonds is 4. The zero-order valence-corrected chi connectivity index (χ0v) is 9.99. The van der Waals surface area contributed by atoms with Crippen LogP contribution in [0, 0.1) is 0 Å². The lowest BCUT2D eigenvalue weighted by Crippen LogP contribution is -2.11. The smallest absolute Gasteiger partial charge is 0.370 e. The van der Waals surface area contributed by atoms with Gasteiger partial charge in [-0.2, -0.15) is 13.2 Å². The van der Waals surface area contributed by atoms with Crippen LogP contribution in [0.2, 0.25) is 5.02 Å². The third-order valence-electron chi connectivity index (χ3n) is 1.72. The van der Waals surface area contributed by atoms with Crippen molar-refractivity contribution >= 4 is 29.3 Å². The molecule has 94 valence electrons. The molecule has 8 heteroatoms. The van der Waals surface area contributed by atoms with Crippen molar-refractivity contribution in [1.82, 2.24) is 4.98 Å². The Balaban J connectivity index is 2.73. The van der Waals surface area contributed by atoms with E-state index in [2.05, 4.69) is 4.98 Å². The number of pyridine rings is 1. The number of carbonyl (C=O) groups is 1. The second-order valence-electron chi connectivity index (χ2n) is 3.07. The van der Waals surface area contributed by atoms with Crippen LogP contribution in [0.4, 0.5) is 13.2 Å². The van der Waals surface area contributed by atoms with Gasteiger partial charge in [0.25, 0.3) is 0 Å². The van der Waals surface area contributed by atoms with E-state index in [1.807, 2.05) is 0 Å². The molecule has 0 aromatic carbocycles. The zero-order valence-electron chi connectivity index (χ0n) is 8.42.